The van der Waals surface area contributed by atoms with Crippen LogP contribution in [0.15, 0.2) is 224 Å². The molecule has 1 nitrogen and oxygen atoms in total. The second kappa shape index (κ2) is 14.3. The van der Waals surface area contributed by atoms with Gasteiger partial charge in [-0.15, -0.1) is 0 Å². The molecule has 0 saturated carbocycles. The lowest BCUT2D eigenvalue weighted by Gasteiger charge is -2.26. The summed E-state index contributed by atoms with van der Waals surface area (Å²) in [6, 6.07) is 80.7. The second-order valence-electron chi connectivity index (χ2n) is 13.4. The highest BCUT2D eigenvalue weighted by atomic mass is 15.1. The smallest absolute Gasteiger partial charge is 0.0467 e. The van der Waals surface area contributed by atoms with Crippen molar-refractivity contribution >= 4 is 27.8 Å². The second-order valence-corrected chi connectivity index (χ2v) is 13.4. The molecule has 250 valence electrons. The molecule has 0 aliphatic heterocycles. The molecule has 0 heterocycles. The first-order chi connectivity index (χ1) is 26.3. The maximum Gasteiger partial charge on any atom is 0.0467 e. The molecular formula is C52H37N. The minimum Gasteiger partial charge on any atom is -0.310 e. The molecule has 0 radical (unpaired) electrons. The van der Waals surface area contributed by atoms with Crippen LogP contribution in [0.1, 0.15) is 0 Å². The van der Waals surface area contributed by atoms with Crippen LogP contribution in [0.4, 0.5) is 17.1 Å². The van der Waals surface area contributed by atoms with E-state index in [2.05, 4.69) is 229 Å². The van der Waals surface area contributed by atoms with Crippen LogP contribution in [0.2, 0.25) is 0 Å². The average Bonchev–Trinajstić information content (AvgIpc) is 3.25. The maximum atomic E-state index is 2.36. The molecule has 0 unspecified atom stereocenters. The average molecular weight is 676 g/mol. The molecule has 0 aliphatic carbocycles. The molecule has 9 aromatic rings. The minimum absolute atomic E-state index is 1.10. The molecule has 0 aromatic heterocycles. The van der Waals surface area contributed by atoms with Gasteiger partial charge in [-0.05, 0) is 103 Å². The molecule has 9 aromatic carbocycles. The van der Waals surface area contributed by atoms with Gasteiger partial charge in [0, 0.05) is 17.1 Å². The van der Waals surface area contributed by atoms with E-state index in [1.807, 2.05) is 0 Å². The van der Waals surface area contributed by atoms with Crippen LogP contribution in [0.5, 0.6) is 0 Å². The van der Waals surface area contributed by atoms with Gasteiger partial charge >= 0.3 is 0 Å². The summed E-state index contributed by atoms with van der Waals surface area (Å²) in [5.41, 5.74) is 15.4. The van der Waals surface area contributed by atoms with Crippen molar-refractivity contribution in [1.29, 1.82) is 0 Å². The fourth-order valence-electron chi connectivity index (χ4n) is 7.41. The van der Waals surface area contributed by atoms with E-state index in [0.29, 0.717) is 0 Å². The zero-order chi connectivity index (χ0) is 35.4. The predicted molar refractivity (Wildman–Crippen MR) is 226 cm³/mol. The molecular weight excluding hydrogens is 639 g/mol. The van der Waals surface area contributed by atoms with Gasteiger partial charge in [-0.3, -0.25) is 0 Å². The van der Waals surface area contributed by atoms with Crippen LogP contribution in [0.3, 0.4) is 0 Å². The summed E-state index contributed by atoms with van der Waals surface area (Å²) >= 11 is 0. The highest BCUT2D eigenvalue weighted by Gasteiger charge is 2.16. The van der Waals surface area contributed by atoms with Gasteiger partial charge in [-0.2, -0.15) is 0 Å². The number of nitrogens with zero attached hydrogens (tertiary/aromatic N) is 1. The van der Waals surface area contributed by atoms with Crippen molar-refractivity contribution in [2.75, 3.05) is 4.90 Å². The third-order valence-corrected chi connectivity index (χ3v) is 10.1. The number of hydrogen-bond acceptors (Lipinski definition) is 1. The minimum atomic E-state index is 1.10. The first-order valence-corrected chi connectivity index (χ1v) is 18.2. The fraction of sp³-hybridized carbons (Fsp3) is 0. The SMILES string of the molecule is c1ccc(-c2ccc(-c3cccc(N(c4ccc(-c5ccccc5)cc4)c4ccc(-c5ccc6ccccc6c5-c5ccccc5)cc4)c3)cc2)cc1. The third kappa shape index (κ3) is 6.53. The zero-order valence-corrected chi connectivity index (χ0v) is 29.3. The Morgan fingerprint density at radius 1 is 0.245 bits per heavy atom. The topological polar surface area (TPSA) is 3.24 Å². The van der Waals surface area contributed by atoms with Crippen molar-refractivity contribution in [3.05, 3.63) is 224 Å². The van der Waals surface area contributed by atoms with Crippen LogP contribution >= 0.6 is 0 Å². The van der Waals surface area contributed by atoms with Gasteiger partial charge in [0.05, 0.1) is 0 Å². The summed E-state index contributed by atoms with van der Waals surface area (Å²) in [5.74, 6) is 0. The number of anilines is 3. The number of benzene rings is 9. The third-order valence-electron chi connectivity index (χ3n) is 10.1. The Morgan fingerprint density at radius 2 is 0.679 bits per heavy atom. The summed E-state index contributed by atoms with van der Waals surface area (Å²) in [5, 5.41) is 2.50. The summed E-state index contributed by atoms with van der Waals surface area (Å²) in [6.45, 7) is 0. The van der Waals surface area contributed by atoms with Crippen molar-refractivity contribution < 1.29 is 0 Å². The summed E-state index contributed by atoms with van der Waals surface area (Å²) in [4.78, 5) is 2.36. The van der Waals surface area contributed by atoms with E-state index in [1.54, 1.807) is 0 Å². The molecule has 53 heavy (non-hydrogen) atoms. The Hall–Kier alpha value is -6.96. The first-order valence-electron chi connectivity index (χ1n) is 18.2. The number of rotatable bonds is 8. The largest absolute Gasteiger partial charge is 0.310 e. The van der Waals surface area contributed by atoms with E-state index in [9.17, 15) is 0 Å². The molecule has 0 spiro atoms. The van der Waals surface area contributed by atoms with E-state index in [1.165, 1.54) is 66.4 Å². The number of fused-ring (bicyclic) bond motifs is 1. The molecule has 9 rings (SSSR count). The van der Waals surface area contributed by atoms with Crippen LogP contribution in [-0.4, -0.2) is 0 Å². The first kappa shape index (κ1) is 32.0. The normalized spacial score (nSPS) is 11.0. The molecule has 0 amide bonds. The summed E-state index contributed by atoms with van der Waals surface area (Å²) in [6.07, 6.45) is 0. The van der Waals surface area contributed by atoms with Gasteiger partial charge in [0.25, 0.3) is 0 Å². The molecule has 1 heteroatoms. The monoisotopic (exact) mass is 675 g/mol. The lowest BCUT2D eigenvalue weighted by Crippen LogP contribution is -2.10. The Morgan fingerprint density at radius 3 is 1.26 bits per heavy atom. The van der Waals surface area contributed by atoms with Gasteiger partial charge in [0.2, 0.25) is 0 Å². The molecule has 0 fully saturated rings. The Bertz CT molecular complexity index is 2610. The number of hydrogen-bond donors (Lipinski definition) is 0. The van der Waals surface area contributed by atoms with Crippen LogP contribution in [-0.2, 0) is 0 Å². The van der Waals surface area contributed by atoms with Crippen molar-refractivity contribution in [1.82, 2.24) is 0 Å². The summed E-state index contributed by atoms with van der Waals surface area (Å²) in [7, 11) is 0. The molecule has 0 aliphatic rings. The standard InChI is InChI=1S/C52H37N/c1-4-13-38(14-5-1)40-23-25-42(26-24-40)46-20-12-21-49(37-46)53(47-32-27-41(28-33-47)39-15-6-2-7-16-39)48-34-29-44(30-35-48)51-36-31-43-17-10-11-22-50(43)52(51)45-18-8-3-9-19-45/h1-37H. The van der Waals surface area contributed by atoms with Crippen molar-refractivity contribution in [3.8, 4) is 55.6 Å². The molecule has 0 bridgehead atoms. The molecule has 0 N–H and O–H groups in total. The van der Waals surface area contributed by atoms with Crippen LogP contribution in [0.25, 0.3) is 66.4 Å². The van der Waals surface area contributed by atoms with Crippen LogP contribution < -0.4 is 4.90 Å². The Kier molecular flexibility index (Phi) is 8.66. The van der Waals surface area contributed by atoms with Gasteiger partial charge in [0.15, 0.2) is 0 Å². The fourth-order valence-corrected chi connectivity index (χ4v) is 7.41. The van der Waals surface area contributed by atoms with Gasteiger partial charge < -0.3 is 4.90 Å². The maximum absolute atomic E-state index is 2.36. The van der Waals surface area contributed by atoms with Gasteiger partial charge in [-0.25, -0.2) is 0 Å². The lowest BCUT2D eigenvalue weighted by atomic mass is 9.90. The van der Waals surface area contributed by atoms with Crippen molar-refractivity contribution in [2.24, 2.45) is 0 Å². The van der Waals surface area contributed by atoms with Crippen molar-refractivity contribution in [3.63, 3.8) is 0 Å². The quantitative estimate of drug-likeness (QED) is 0.155. The lowest BCUT2D eigenvalue weighted by molar-refractivity contribution is 1.28. The van der Waals surface area contributed by atoms with Crippen molar-refractivity contribution in [2.45, 2.75) is 0 Å². The van der Waals surface area contributed by atoms with E-state index in [-0.39, 0.29) is 0 Å². The highest BCUT2D eigenvalue weighted by molar-refractivity contribution is 6.04. The van der Waals surface area contributed by atoms with Gasteiger partial charge in [-0.1, -0.05) is 188 Å². The van der Waals surface area contributed by atoms with E-state index >= 15 is 0 Å². The zero-order valence-electron chi connectivity index (χ0n) is 29.3. The molecule has 0 saturated heterocycles. The van der Waals surface area contributed by atoms with E-state index in [4.69, 9.17) is 0 Å². The van der Waals surface area contributed by atoms with Crippen LogP contribution in [0, 0.1) is 0 Å². The van der Waals surface area contributed by atoms with Gasteiger partial charge in [0.1, 0.15) is 0 Å². The predicted octanol–water partition coefficient (Wildman–Crippen LogP) is 14.6. The Balaban J connectivity index is 1.12. The van der Waals surface area contributed by atoms with E-state index in [0.717, 1.165) is 17.1 Å². The summed E-state index contributed by atoms with van der Waals surface area (Å²) < 4.78 is 0. The Labute approximate surface area is 311 Å². The highest BCUT2D eigenvalue weighted by Crippen LogP contribution is 2.41. The van der Waals surface area contributed by atoms with E-state index < -0.39 is 0 Å². The molecule has 0 atom stereocenters.